The van der Waals surface area contributed by atoms with Crippen molar-refractivity contribution in [3.8, 4) is 11.5 Å². The number of benzene rings is 2. The number of amides is 1. The van der Waals surface area contributed by atoms with Crippen LogP contribution in [0.5, 0.6) is 0 Å². The highest BCUT2D eigenvalue weighted by Gasteiger charge is 2.12. The molecule has 2 aromatic carbocycles. The van der Waals surface area contributed by atoms with Gasteiger partial charge in [0.25, 0.3) is 11.8 Å². The van der Waals surface area contributed by atoms with Gasteiger partial charge in [0.05, 0.1) is 5.56 Å². The van der Waals surface area contributed by atoms with Gasteiger partial charge in [0, 0.05) is 23.0 Å². The van der Waals surface area contributed by atoms with E-state index in [4.69, 9.17) is 4.42 Å². The predicted molar refractivity (Wildman–Crippen MR) is 89.9 cm³/mol. The Bertz CT molecular complexity index is 866. The number of rotatable bonds is 5. The van der Waals surface area contributed by atoms with Crippen LogP contribution in [0.1, 0.15) is 16.2 Å². The number of nitrogens with zero attached hydrogens (tertiary/aromatic N) is 2. The Morgan fingerprint density at radius 1 is 1.17 bits per heavy atom. The minimum Gasteiger partial charge on any atom is -0.421 e. The lowest BCUT2D eigenvalue weighted by atomic mass is 10.2. The zero-order valence-electron chi connectivity index (χ0n) is 12.5. The van der Waals surface area contributed by atoms with Gasteiger partial charge in [-0.25, -0.2) is 4.39 Å². The maximum Gasteiger partial charge on any atom is 0.251 e. The molecule has 7 heteroatoms. The molecule has 1 aromatic heterocycles. The maximum atomic E-state index is 13.7. The van der Waals surface area contributed by atoms with Gasteiger partial charge in [-0.2, -0.15) is 0 Å². The van der Waals surface area contributed by atoms with Gasteiger partial charge in [-0.05, 0) is 30.3 Å². The van der Waals surface area contributed by atoms with Crippen LogP contribution in [0.4, 0.5) is 4.39 Å². The Balaban J connectivity index is 1.58. The highest BCUT2D eigenvalue weighted by atomic mass is 79.9. The molecule has 122 valence electrons. The molecule has 0 saturated heterocycles. The van der Waals surface area contributed by atoms with Crippen molar-refractivity contribution in [2.75, 3.05) is 6.54 Å². The number of halogens is 2. The number of carbonyl (C=O) groups is 1. The molecule has 3 aromatic rings. The molecule has 0 radical (unpaired) electrons. The van der Waals surface area contributed by atoms with Gasteiger partial charge < -0.3 is 9.73 Å². The van der Waals surface area contributed by atoms with Crippen LogP contribution in [0.2, 0.25) is 0 Å². The summed E-state index contributed by atoms with van der Waals surface area (Å²) >= 11 is 3.32. The number of nitrogens with one attached hydrogen (secondary N) is 1. The Morgan fingerprint density at radius 2 is 2.00 bits per heavy atom. The number of hydrogen-bond donors (Lipinski definition) is 1. The highest BCUT2D eigenvalue weighted by molar-refractivity contribution is 9.10. The third-order valence-electron chi connectivity index (χ3n) is 3.28. The monoisotopic (exact) mass is 389 g/mol. The van der Waals surface area contributed by atoms with Gasteiger partial charge >= 0.3 is 0 Å². The standard InChI is InChI=1S/C17H13BrFN3O2/c18-12-5-3-4-11(10-12)16(23)20-9-8-15-21-22-17(24-15)13-6-1-2-7-14(13)19/h1-7,10H,8-9H2,(H,20,23). The fourth-order valence-electron chi connectivity index (χ4n) is 2.11. The first-order chi connectivity index (χ1) is 11.6. The van der Waals surface area contributed by atoms with E-state index in [9.17, 15) is 9.18 Å². The van der Waals surface area contributed by atoms with Crippen LogP contribution in [0.3, 0.4) is 0 Å². The third-order valence-corrected chi connectivity index (χ3v) is 3.78. The second-order valence-corrected chi connectivity index (χ2v) is 5.91. The van der Waals surface area contributed by atoms with E-state index in [0.717, 1.165) is 4.47 Å². The van der Waals surface area contributed by atoms with Crippen molar-refractivity contribution < 1.29 is 13.6 Å². The summed E-state index contributed by atoms with van der Waals surface area (Å²) in [5.74, 6) is -0.148. The zero-order chi connectivity index (χ0) is 16.9. The van der Waals surface area contributed by atoms with Crippen molar-refractivity contribution in [3.63, 3.8) is 0 Å². The number of aromatic nitrogens is 2. The molecular formula is C17H13BrFN3O2. The highest BCUT2D eigenvalue weighted by Crippen LogP contribution is 2.20. The van der Waals surface area contributed by atoms with Crippen molar-refractivity contribution in [2.45, 2.75) is 6.42 Å². The summed E-state index contributed by atoms with van der Waals surface area (Å²) in [6, 6.07) is 13.3. The molecular weight excluding hydrogens is 377 g/mol. The lowest BCUT2D eigenvalue weighted by Crippen LogP contribution is -2.25. The van der Waals surface area contributed by atoms with E-state index < -0.39 is 5.82 Å². The van der Waals surface area contributed by atoms with E-state index in [1.807, 2.05) is 6.07 Å². The topological polar surface area (TPSA) is 68.0 Å². The van der Waals surface area contributed by atoms with E-state index in [2.05, 4.69) is 31.4 Å². The summed E-state index contributed by atoms with van der Waals surface area (Å²) in [4.78, 5) is 12.0. The van der Waals surface area contributed by atoms with Crippen LogP contribution in [0, 0.1) is 5.82 Å². The van der Waals surface area contributed by atoms with Crippen molar-refractivity contribution in [1.29, 1.82) is 0 Å². The molecule has 0 bridgehead atoms. The smallest absolute Gasteiger partial charge is 0.251 e. The van der Waals surface area contributed by atoms with Crippen molar-refractivity contribution >= 4 is 21.8 Å². The molecule has 0 aliphatic heterocycles. The van der Waals surface area contributed by atoms with Crippen LogP contribution in [-0.2, 0) is 6.42 Å². The Labute approximate surface area is 146 Å². The lowest BCUT2D eigenvalue weighted by Gasteiger charge is -2.03. The Kier molecular flexibility index (Phi) is 5.00. The van der Waals surface area contributed by atoms with Crippen LogP contribution in [0.25, 0.3) is 11.5 Å². The minimum absolute atomic E-state index is 0.126. The summed E-state index contributed by atoms with van der Waals surface area (Å²) in [6.07, 6.45) is 0.362. The fourth-order valence-corrected chi connectivity index (χ4v) is 2.51. The molecule has 0 saturated carbocycles. The van der Waals surface area contributed by atoms with E-state index in [1.54, 1.807) is 36.4 Å². The Hall–Kier alpha value is -2.54. The molecule has 0 atom stereocenters. The van der Waals surface area contributed by atoms with Crippen LogP contribution in [-0.4, -0.2) is 22.6 Å². The molecule has 0 unspecified atom stereocenters. The quantitative estimate of drug-likeness (QED) is 0.723. The van der Waals surface area contributed by atoms with Gasteiger partial charge in [0.1, 0.15) is 5.82 Å². The molecule has 0 aliphatic carbocycles. The van der Waals surface area contributed by atoms with E-state index in [1.165, 1.54) is 6.07 Å². The van der Waals surface area contributed by atoms with Gasteiger partial charge in [0.15, 0.2) is 0 Å². The van der Waals surface area contributed by atoms with Crippen LogP contribution < -0.4 is 5.32 Å². The average Bonchev–Trinajstić information content (AvgIpc) is 3.04. The summed E-state index contributed by atoms with van der Waals surface area (Å²) in [7, 11) is 0. The van der Waals surface area contributed by atoms with Crippen LogP contribution in [0.15, 0.2) is 57.4 Å². The SMILES string of the molecule is O=C(NCCc1nnc(-c2ccccc2F)o1)c1cccc(Br)c1. The minimum atomic E-state index is -0.421. The lowest BCUT2D eigenvalue weighted by molar-refractivity contribution is 0.0953. The van der Waals surface area contributed by atoms with Crippen molar-refractivity contribution in [1.82, 2.24) is 15.5 Å². The fraction of sp³-hybridized carbons (Fsp3) is 0.118. The van der Waals surface area contributed by atoms with Crippen molar-refractivity contribution in [2.24, 2.45) is 0 Å². The van der Waals surface area contributed by atoms with Crippen molar-refractivity contribution in [3.05, 3.63) is 70.3 Å². The molecule has 5 nitrogen and oxygen atoms in total. The van der Waals surface area contributed by atoms with E-state index in [0.29, 0.717) is 24.4 Å². The summed E-state index contributed by atoms with van der Waals surface area (Å²) in [5.41, 5.74) is 0.816. The molecule has 1 N–H and O–H groups in total. The molecule has 3 rings (SSSR count). The number of carbonyl (C=O) groups excluding carboxylic acids is 1. The Morgan fingerprint density at radius 3 is 2.79 bits per heavy atom. The van der Waals surface area contributed by atoms with Gasteiger partial charge in [-0.1, -0.05) is 34.1 Å². The average molecular weight is 390 g/mol. The van der Waals surface area contributed by atoms with Crippen LogP contribution >= 0.6 is 15.9 Å². The first-order valence-electron chi connectivity index (χ1n) is 7.24. The van der Waals surface area contributed by atoms with Gasteiger partial charge in [-0.15, -0.1) is 10.2 Å². The molecule has 0 fully saturated rings. The first kappa shape index (κ1) is 16.3. The molecule has 1 amide bonds. The molecule has 0 spiro atoms. The molecule has 0 aliphatic rings. The zero-order valence-corrected chi connectivity index (χ0v) is 14.1. The second kappa shape index (κ2) is 7.35. The summed E-state index contributed by atoms with van der Waals surface area (Å²) in [6.45, 7) is 0.338. The number of hydrogen-bond acceptors (Lipinski definition) is 4. The largest absolute Gasteiger partial charge is 0.421 e. The molecule has 24 heavy (non-hydrogen) atoms. The predicted octanol–water partition coefficient (Wildman–Crippen LogP) is 3.61. The summed E-state index contributed by atoms with van der Waals surface area (Å²) < 4.78 is 19.9. The third kappa shape index (κ3) is 3.86. The molecule has 1 heterocycles. The first-order valence-corrected chi connectivity index (χ1v) is 8.04. The van der Waals surface area contributed by atoms with Gasteiger partial charge in [0.2, 0.25) is 5.89 Å². The maximum absolute atomic E-state index is 13.7. The second-order valence-electron chi connectivity index (χ2n) is 5.00. The van der Waals surface area contributed by atoms with E-state index in [-0.39, 0.29) is 17.4 Å². The normalized spacial score (nSPS) is 10.6. The summed E-state index contributed by atoms with van der Waals surface area (Å²) in [5, 5.41) is 10.5. The van der Waals surface area contributed by atoms with Gasteiger partial charge in [-0.3, -0.25) is 4.79 Å². The van der Waals surface area contributed by atoms with E-state index >= 15 is 0 Å².